The molecular weight excluding hydrogens is 827 g/mol. The van der Waals surface area contributed by atoms with Crippen LogP contribution in [0.4, 0.5) is 0 Å². The van der Waals surface area contributed by atoms with Crippen LogP contribution < -0.4 is 5.32 Å². The summed E-state index contributed by atoms with van der Waals surface area (Å²) in [6.07, 6.45) is 70.0. The predicted octanol–water partition coefficient (Wildman–Crippen LogP) is 18.4. The molecule has 394 valence electrons. The molecule has 0 fully saturated rings. The van der Waals surface area contributed by atoms with Crippen LogP contribution in [-0.2, 0) is 14.3 Å². The van der Waals surface area contributed by atoms with Crippen molar-refractivity contribution in [3.8, 4) is 0 Å². The molecule has 0 radical (unpaired) electrons. The Bertz CT molecular complexity index is 1090. The van der Waals surface area contributed by atoms with Crippen LogP contribution in [0.5, 0.6) is 0 Å². The Morgan fingerprint density at radius 3 is 1.18 bits per heavy atom. The number of carbonyl (C=O) groups is 2. The third kappa shape index (κ3) is 53.3. The van der Waals surface area contributed by atoms with E-state index >= 15 is 0 Å². The van der Waals surface area contributed by atoms with Gasteiger partial charge < -0.3 is 20.3 Å². The maximum atomic E-state index is 12.5. The number of esters is 1. The maximum absolute atomic E-state index is 12.5. The Kier molecular flexibility index (Phi) is 55.0. The lowest BCUT2D eigenvalue weighted by molar-refractivity contribution is -0.143. The fourth-order valence-electron chi connectivity index (χ4n) is 9.08. The van der Waals surface area contributed by atoms with Crippen molar-refractivity contribution in [3.05, 3.63) is 36.5 Å². The Morgan fingerprint density at radius 1 is 0.418 bits per heavy atom. The summed E-state index contributed by atoms with van der Waals surface area (Å²) in [5.41, 5.74) is 0. The summed E-state index contributed by atoms with van der Waals surface area (Å²) in [5.74, 6) is -0.112. The second-order valence-corrected chi connectivity index (χ2v) is 20.3. The van der Waals surface area contributed by atoms with E-state index in [1.807, 2.05) is 0 Å². The van der Waals surface area contributed by atoms with Crippen molar-refractivity contribution in [2.24, 2.45) is 0 Å². The molecule has 0 aromatic heterocycles. The lowest BCUT2D eigenvalue weighted by Crippen LogP contribution is -2.45. The second-order valence-electron chi connectivity index (χ2n) is 20.3. The lowest BCUT2D eigenvalue weighted by atomic mass is 10.0. The first-order chi connectivity index (χ1) is 33.0. The highest BCUT2D eigenvalue weighted by molar-refractivity contribution is 5.76. The van der Waals surface area contributed by atoms with E-state index in [9.17, 15) is 19.8 Å². The van der Waals surface area contributed by atoms with E-state index in [1.165, 1.54) is 199 Å². The van der Waals surface area contributed by atoms with Crippen LogP contribution >= 0.6 is 0 Å². The van der Waals surface area contributed by atoms with Gasteiger partial charge in [-0.05, 0) is 83.5 Å². The number of allylic oxidation sites excluding steroid dienone is 6. The van der Waals surface area contributed by atoms with Crippen LogP contribution in [0.15, 0.2) is 36.5 Å². The molecule has 0 saturated heterocycles. The summed E-state index contributed by atoms with van der Waals surface area (Å²) in [6.45, 7) is 4.85. The molecule has 0 rings (SSSR count). The van der Waals surface area contributed by atoms with Crippen molar-refractivity contribution in [2.75, 3.05) is 13.2 Å². The van der Waals surface area contributed by atoms with Gasteiger partial charge in [0.1, 0.15) is 0 Å². The SMILES string of the molecule is CCCCC/C=C\C/C=C\CCCCCCCCCC(=O)OCCCC/C=C\CCCCCCC(=O)NC(CO)C(O)CCCCCCCCCCCCCCCCCCCCCCCCC. The predicted molar refractivity (Wildman–Crippen MR) is 292 cm³/mol. The quantitative estimate of drug-likeness (QED) is 0.0321. The molecular formula is C61H115NO5. The molecule has 0 spiro atoms. The monoisotopic (exact) mass is 942 g/mol. The van der Waals surface area contributed by atoms with Gasteiger partial charge in [-0.25, -0.2) is 0 Å². The Labute approximate surface area is 417 Å². The van der Waals surface area contributed by atoms with Crippen molar-refractivity contribution in [2.45, 2.75) is 328 Å². The molecule has 2 atom stereocenters. The van der Waals surface area contributed by atoms with Gasteiger partial charge in [-0.1, -0.05) is 256 Å². The zero-order valence-electron chi connectivity index (χ0n) is 44.9. The molecule has 67 heavy (non-hydrogen) atoms. The first-order valence-electron chi connectivity index (χ1n) is 29.7. The molecule has 0 saturated carbocycles. The number of hydrogen-bond donors (Lipinski definition) is 3. The topological polar surface area (TPSA) is 95.9 Å². The summed E-state index contributed by atoms with van der Waals surface area (Å²) in [5, 5.41) is 23.3. The average molecular weight is 943 g/mol. The van der Waals surface area contributed by atoms with Gasteiger partial charge in [-0.2, -0.15) is 0 Å². The molecule has 0 aliphatic rings. The molecule has 0 bridgehead atoms. The molecule has 1 amide bonds. The van der Waals surface area contributed by atoms with Gasteiger partial charge in [0.25, 0.3) is 0 Å². The minimum absolute atomic E-state index is 0.0434. The number of aliphatic hydroxyl groups is 2. The van der Waals surface area contributed by atoms with Crippen LogP contribution in [0.1, 0.15) is 316 Å². The number of rotatable bonds is 55. The first kappa shape index (κ1) is 65.1. The summed E-state index contributed by atoms with van der Waals surface area (Å²) in [4.78, 5) is 24.6. The molecule has 6 heteroatoms. The van der Waals surface area contributed by atoms with Gasteiger partial charge in [0, 0.05) is 12.8 Å². The maximum Gasteiger partial charge on any atom is 0.305 e. The van der Waals surface area contributed by atoms with E-state index < -0.39 is 12.1 Å². The number of hydrogen-bond acceptors (Lipinski definition) is 5. The third-order valence-corrected chi connectivity index (χ3v) is 13.7. The van der Waals surface area contributed by atoms with E-state index in [0.29, 0.717) is 25.9 Å². The number of amides is 1. The largest absolute Gasteiger partial charge is 0.466 e. The minimum Gasteiger partial charge on any atom is -0.466 e. The van der Waals surface area contributed by atoms with E-state index in [4.69, 9.17) is 4.74 Å². The standard InChI is InChI=1S/C61H115NO5/c1-3-5-7-9-11-13-15-17-19-21-22-23-24-25-26-28-29-31-33-37-41-45-49-53-59(64)58(57-63)62-60(65)54-50-46-42-38-35-36-40-44-48-52-56-67-61(66)55-51-47-43-39-34-32-30-27-20-18-16-14-12-10-8-6-4-2/h12,14,18,20,36,40,58-59,63-64H,3-11,13,15-17,19,21-35,37-39,41-57H2,1-2H3,(H,62,65)/b14-12-,20-18-,40-36-. The summed E-state index contributed by atoms with van der Waals surface area (Å²) < 4.78 is 5.44. The van der Waals surface area contributed by atoms with Gasteiger partial charge in [-0.3, -0.25) is 9.59 Å². The van der Waals surface area contributed by atoms with Crippen molar-refractivity contribution < 1.29 is 24.5 Å². The number of aliphatic hydroxyl groups excluding tert-OH is 2. The molecule has 0 aliphatic carbocycles. The van der Waals surface area contributed by atoms with E-state index in [1.54, 1.807) is 0 Å². The second kappa shape index (κ2) is 56.7. The number of nitrogens with one attached hydrogen (secondary N) is 1. The first-order valence-corrected chi connectivity index (χ1v) is 29.7. The molecule has 6 nitrogen and oxygen atoms in total. The van der Waals surface area contributed by atoms with Crippen molar-refractivity contribution in [3.63, 3.8) is 0 Å². The lowest BCUT2D eigenvalue weighted by Gasteiger charge is -2.22. The zero-order chi connectivity index (χ0) is 48.6. The van der Waals surface area contributed by atoms with Crippen molar-refractivity contribution in [1.82, 2.24) is 5.32 Å². The van der Waals surface area contributed by atoms with Gasteiger partial charge in [0.15, 0.2) is 0 Å². The van der Waals surface area contributed by atoms with Crippen LogP contribution in [0, 0.1) is 0 Å². The molecule has 0 aromatic rings. The van der Waals surface area contributed by atoms with E-state index in [-0.39, 0.29) is 18.5 Å². The number of unbranched alkanes of at least 4 members (excludes halogenated alkanes) is 38. The smallest absolute Gasteiger partial charge is 0.305 e. The Balaban J connectivity index is 3.51. The van der Waals surface area contributed by atoms with Crippen LogP contribution in [0.3, 0.4) is 0 Å². The van der Waals surface area contributed by atoms with Crippen molar-refractivity contribution >= 4 is 11.9 Å². The summed E-state index contributed by atoms with van der Waals surface area (Å²) in [7, 11) is 0. The van der Waals surface area contributed by atoms with E-state index in [2.05, 4.69) is 55.6 Å². The van der Waals surface area contributed by atoms with Crippen LogP contribution in [0.2, 0.25) is 0 Å². The van der Waals surface area contributed by atoms with Gasteiger partial charge >= 0.3 is 5.97 Å². The molecule has 0 heterocycles. The molecule has 2 unspecified atom stereocenters. The van der Waals surface area contributed by atoms with E-state index in [0.717, 1.165) is 83.5 Å². The number of ether oxygens (including phenoxy) is 1. The molecule has 0 aromatic carbocycles. The fourth-order valence-corrected chi connectivity index (χ4v) is 9.08. The summed E-state index contributed by atoms with van der Waals surface area (Å²) in [6, 6.07) is -0.569. The molecule has 3 N–H and O–H groups in total. The minimum atomic E-state index is -0.688. The number of carbonyl (C=O) groups excluding carboxylic acids is 2. The fraction of sp³-hybridized carbons (Fsp3) is 0.869. The van der Waals surface area contributed by atoms with Crippen molar-refractivity contribution in [1.29, 1.82) is 0 Å². The third-order valence-electron chi connectivity index (χ3n) is 13.7. The van der Waals surface area contributed by atoms with Gasteiger partial charge in [0.2, 0.25) is 5.91 Å². The van der Waals surface area contributed by atoms with Gasteiger partial charge in [0.05, 0.1) is 25.4 Å². The summed E-state index contributed by atoms with van der Waals surface area (Å²) >= 11 is 0. The van der Waals surface area contributed by atoms with Crippen LogP contribution in [-0.4, -0.2) is 47.4 Å². The highest BCUT2D eigenvalue weighted by Gasteiger charge is 2.20. The zero-order valence-corrected chi connectivity index (χ0v) is 44.9. The van der Waals surface area contributed by atoms with Gasteiger partial charge in [-0.15, -0.1) is 0 Å². The Morgan fingerprint density at radius 2 is 0.746 bits per heavy atom. The average Bonchev–Trinajstić information content (AvgIpc) is 3.33. The highest BCUT2D eigenvalue weighted by atomic mass is 16.5. The Hall–Kier alpha value is -1.92. The normalized spacial score (nSPS) is 12.8. The van der Waals surface area contributed by atoms with Crippen LogP contribution in [0.25, 0.3) is 0 Å². The molecule has 0 aliphatic heterocycles. The highest BCUT2D eigenvalue weighted by Crippen LogP contribution is 2.17.